The van der Waals surface area contributed by atoms with Crippen molar-refractivity contribution in [1.29, 1.82) is 0 Å². The maximum absolute atomic E-state index is 13.4. The maximum atomic E-state index is 13.4. The van der Waals surface area contributed by atoms with Crippen LogP contribution in [-0.4, -0.2) is 12.5 Å². The van der Waals surface area contributed by atoms with E-state index >= 15 is 0 Å². The fourth-order valence-corrected chi connectivity index (χ4v) is 2.04. The largest absolute Gasteiger partial charge is 0.383 e. The Balaban J connectivity index is 1.73. The van der Waals surface area contributed by atoms with E-state index in [1.807, 2.05) is 18.2 Å². The Labute approximate surface area is 128 Å². The van der Waals surface area contributed by atoms with E-state index in [0.717, 1.165) is 5.69 Å². The Morgan fingerprint density at radius 2 is 1.81 bits per heavy atom. The molecule has 2 N–H and O–H groups in total. The molecular formula is C16H16ClFN2O. The van der Waals surface area contributed by atoms with Crippen molar-refractivity contribution in [2.24, 2.45) is 0 Å². The molecule has 2 rings (SSSR count). The molecule has 1 amide bonds. The molecule has 2 aromatic carbocycles. The quantitative estimate of drug-likeness (QED) is 0.856. The van der Waals surface area contributed by atoms with Gasteiger partial charge in [-0.2, -0.15) is 0 Å². The second-order valence-corrected chi connectivity index (χ2v) is 4.93. The second kappa shape index (κ2) is 7.64. The lowest BCUT2D eigenvalue weighted by molar-refractivity contribution is -0.121. The van der Waals surface area contributed by atoms with Crippen molar-refractivity contribution in [3.05, 3.63) is 64.9 Å². The fraction of sp³-hybridized carbons (Fsp3) is 0.188. The molecule has 0 saturated heterocycles. The van der Waals surface area contributed by atoms with Gasteiger partial charge in [0.15, 0.2) is 0 Å². The summed E-state index contributed by atoms with van der Waals surface area (Å²) < 4.78 is 13.4. The van der Waals surface area contributed by atoms with E-state index in [9.17, 15) is 9.18 Å². The number of hydrogen-bond acceptors (Lipinski definition) is 2. The number of halogens is 2. The molecule has 3 nitrogen and oxygen atoms in total. The highest BCUT2D eigenvalue weighted by Gasteiger charge is 2.05. The van der Waals surface area contributed by atoms with Crippen molar-refractivity contribution in [2.45, 2.75) is 13.0 Å². The Morgan fingerprint density at radius 1 is 1.10 bits per heavy atom. The fourth-order valence-electron chi connectivity index (χ4n) is 1.84. The summed E-state index contributed by atoms with van der Waals surface area (Å²) in [6.07, 6.45) is 0.291. The molecule has 0 aromatic heterocycles. The van der Waals surface area contributed by atoms with Gasteiger partial charge in [-0.25, -0.2) is 4.39 Å². The summed E-state index contributed by atoms with van der Waals surface area (Å²) in [6, 6.07) is 13.7. The van der Waals surface area contributed by atoms with Gasteiger partial charge in [-0.05, 0) is 18.2 Å². The third kappa shape index (κ3) is 4.76. The van der Waals surface area contributed by atoms with Gasteiger partial charge in [0.25, 0.3) is 0 Å². The van der Waals surface area contributed by atoms with Gasteiger partial charge in [0.2, 0.25) is 5.91 Å². The molecule has 0 spiro atoms. The maximum Gasteiger partial charge on any atom is 0.222 e. The number of hydrogen-bond donors (Lipinski definition) is 2. The van der Waals surface area contributed by atoms with E-state index in [2.05, 4.69) is 10.6 Å². The van der Waals surface area contributed by atoms with Gasteiger partial charge in [0.05, 0.1) is 10.7 Å². The molecule has 0 saturated carbocycles. The normalized spacial score (nSPS) is 10.2. The Hall–Kier alpha value is -2.07. The van der Waals surface area contributed by atoms with Crippen molar-refractivity contribution in [1.82, 2.24) is 5.32 Å². The van der Waals surface area contributed by atoms with Crippen LogP contribution in [-0.2, 0) is 11.3 Å². The number of rotatable bonds is 6. The third-order valence-corrected chi connectivity index (χ3v) is 3.30. The minimum absolute atomic E-state index is 0.141. The van der Waals surface area contributed by atoms with Crippen LogP contribution in [0.5, 0.6) is 0 Å². The van der Waals surface area contributed by atoms with Crippen LogP contribution in [0.1, 0.15) is 12.0 Å². The van der Waals surface area contributed by atoms with Crippen LogP contribution in [0.15, 0.2) is 48.5 Å². The van der Waals surface area contributed by atoms with E-state index < -0.39 is 0 Å². The van der Waals surface area contributed by atoms with Crippen LogP contribution in [0.3, 0.4) is 0 Å². The lowest BCUT2D eigenvalue weighted by Gasteiger charge is -2.09. The smallest absolute Gasteiger partial charge is 0.222 e. The highest BCUT2D eigenvalue weighted by atomic mass is 35.5. The first-order valence-electron chi connectivity index (χ1n) is 6.65. The molecule has 2 aromatic rings. The van der Waals surface area contributed by atoms with Crippen molar-refractivity contribution in [3.63, 3.8) is 0 Å². The lowest BCUT2D eigenvalue weighted by atomic mass is 10.2. The van der Waals surface area contributed by atoms with E-state index in [-0.39, 0.29) is 18.3 Å². The summed E-state index contributed by atoms with van der Waals surface area (Å²) in [5.74, 6) is -0.454. The molecule has 0 aliphatic rings. The highest BCUT2D eigenvalue weighted by molar-refractivity contribution is 6.33. The van der Waals surface area contributed by atoms with Crippen molar-refractivity contribution in [2.75, 3.05) is 11.9 Å². The van der Waals surface area contributed by atoms with Gasteiger partial charge in [0.1, 0.15) is 5.82 Å². The van der Waals surface area contributed by atoms with Gasteiger partial charge in [-0.3, -0.25) is 4.79 Å². The van der Waals surface area contributed by atoms with E-state index in [1.165, 1.54) is 6.07 Å². The molecule has 110 valence electrons. The predicted molar refractivity (Wildman–Crippen MR) is 82.8 cm³/mol. The van der Waals surface area contributed by atoms with Crippen LogP contribution in [0.4, 0.5) is 10.1 Å². The van der Waals surface area contributed by atoms with E-state index in [1.54, 1.807) is 24.3 Å². The van der Waals surface area contributed by atoms with Gasteiger partial charge >= 0.3 is 0 Å². The van der Waals surface area contributed by atoms with Gasteiger partial charge in [-0.1, -0.05) is 41.9 Å². The van der Waals surface area contributed by atoms with Gasteiger partial charge < -0.3 is 10.6 Å². The number of amides is 1. The average molecular weight is 307 g/mol. The second-order valence-electron chi connectivity index (χ2n) is 4.52. The van der Waals surface area contributed by atoms with Crippen molar-refractivity contribution in [3.8, 4) is 0 Å². The average Bonchev–Trinajstić information content (AvgIpc) is 2.48. The van der Waals surface area contributed by atoms with Crippen LogP contribution >= 0.6 is 11.6 Å². The summed E-state index contributed by atoms with van der Waals surface area (Å²) >= 11 is 5.99. The monoisotopic (exact) mass is 306 g/mol. The number of anilines is 1. The number of carbonyl (C=O) groups excluding carboxylic acids is 1. The first-order valence-corrected chi connectivity index (χ1v) is 7.03. The van der Waals surface area contributed by atoms with Crippen LogP contribution in [0.2, 0.25) is 5.02 Å². The summed E-state index contributed by atoms with van der Waals surface area (Å²) in [5.41, 5.74) is 1.27. The molecule has 0 radical (unpaired) electrons. The molecule has 0 atom stereocenters. The van der Waals surface area contributed by atoms with Crippen LogP contribution in [0, 0.1) is 5.82 Å². The van der Waals surface area contributed by atoms with Gasteiger partial charge in [-0.15, -0.1) is 0 Å². The molecule has 0 bridgehead atoms. The number of carbonyl (C=O) groups is 1. The standard InChI is InChI=1S/C16H16ClFN2O/c17-13-6-2-4-8-15(13)19-10-9-16(21)20-11-12-5-1-3-7-14(12)18/h1-8,19H,9-11H2,(H,20,21). The summed E-state index contributed by atoms with van der Waals surface area (Å²) in [5, 5.41) is 6.39. The minimum Gasteiger partial charge on any atom is -0.383 e. The van der Waals surface area contributed by atoms with Crippen molar-refractivity contribution < 1.29 is 9.18 Å². The zero-order chi connectivity index (χ0) is 15.1. The van der Waals surface area contributed by atoms with E-state index in [4.69, 9.17) is 11.6 Å². The molecule has 0 heterocycles. The molecule has 0 aliphatic heterocycles. The van der Waals surface area contributed by atoms with Gasteiger partial charge in [0, 0.05) is 25.1 Å². The minimum atomic E-state index is -0.313. The van der Waals surface area contributed by atoms with E-state index in [0.29, 0.717) is 23.6 Å². The number of para-hydroxylation sites is 1. The van der Waals surface area contributed by atoms with Crippen LogP contribution < -0.4 is 10.6 Å². The molecular weight excluding hydrogens is 291 g/mol. The summed E-state index contributed by atoms with van der Waals surface area (Å²) in [4.78, 5) is 11.7. The predicted octanol–water partition coefficient (Wildman–Crippen LogP) is 3.60. The zero-order valence-electron chi connectivity index (χ0n) is 11.4. The highest BCUT2D eigenvalue weighted by Crippen LogP contribution is 2.20. The third-order valence-electron chi connectivity index (χ3n) is 2.98. The summed E-state index contributed by atoms with van der Waals surface area (Å²) in [6.45, 7) is 0.657. The SMILES string of the molecule is O=C(CCNc1ccccc1Cl)NCc1ccccc1F. The topological polar surface area (TPSA) is 41.1 Å². The van der Waals surface area contributed by atoms with Crippen LogP contribution in [0.25, 0.3) is 0 Å². The first-order chi connectivity index (χ1) is 10.2. The Kier molecular flexibility index (Phi) is 5.58. The lowest BCUT2D eigenvalue weighted by Crippen LogP contribution is -2.25. The molecule has 0 unspecified atom stereocenters. The Bertz CT molecular complexity index is 619. The molecule has 0 fully saturated rings. The first kappa shape index (κ1) is 15.3. The molecule has 0 aliphatic carbocycles. The molecule has 21 heavy (non-hydrogen) atoms. The summed E-state index contributed by atoms with van der Waals surface area (Å²) in [7, 11) is 0. The number of nitrogens with one attached hydrogen (secondary N) is 2. The molecule has 5 heteroatoms. The number of benzene rings is 2. The zero-order valence-corrected chi connectivity index (χ0v) is 12.2. The Morgan fingerprint density at radius 3 is 2.57 bits per heavy atom. The van der Waals surface area contributed by atoms with Crippen molar-refractivity contribution >= 4 is 23.2 Å².